The van der Waals surface area contributed by atoms with Gasteiger partial charge in [-0.1, -0.05) is 12.7 Å². The van der Waals surface area contributed by atoms with Crippen LogP contribution in [0.3, 0.4) is 0 Å². The molecule has 1 aliphatic rings. The molecular weight excluding hydrogens is 144 g/mol. The van der Waals surface area contributed by atoms with Crippen LogP contribution in [0.4, 0.5) is 0 Å². The van der Waals surface area contributed by atoms with Crippen LogP contribution >= 0.6 is 0 Å². The Morgan fingerprint density at radius 1 is 1.64 bits per heavy atom. The van der Waals surface area contributed by atoms with Gasteiger partial charge in [-0.05, 0) is 12.8 Å². The molecule has 0 fully saturated rings. The van der Waals surface area contributed by atoms with Gasteiger partial charge in [0.15, 0.2) is 0 Å². The molecule has 0 N–H and O–H groups in total. The lowest BCUT2D eigenvalue weighted by Gasteiger charge is -2.10. The van der Waals surface area contributed by atoms with E-state index in [4.69, 9.17) is 0 Å². The van der Waals surface area contributed by atoms with Crippen molar-refractivity contribution in [1.29, 1.82) is 0 Å². The number of hydrogen-bond acceptors (Lipinski definition) is 3. The van der Waals surface area contributed by atoms with Crippen molar-refractivity contribution in [3.05, 3.63) is 24.3 Å². The molecule has 0 spiro atoms. The number of hydrogen-bond donors (Lipinski definition) is 0. The molecule has 11 heavy (non-hydrogen) atoms. The average Bonchev–Trinajstić information content (AvgIpc) is 1.83. The quantitative estimate of drug-likeness (QED) is 0.336. The molecule has 0 saturated carbocycles. The zero-order valence-corrected chi connectivity index (χ0v) is 6.00. The van der Waals surface area contributed by atoms with Crippen LogP contribution in [0.25, 0.3) is 0 Å². The second kappa shape index (κ2) is 3.14. The van der Waals surface area contributed by atoms with Gasteiger partial charge in [-0.2, -0.15) is 0 Å². The van der Waals surface area contributed by atoms with E-state index < -0.39 is 11.9 Å². The molecule has 0 radical (unpaired) electrons. The minimum atomic E-state index is -0.692. The van der Waals surface area contributed by atoms with Gasteiger partial charge in [0.2, 0.25) is 0 Å². The standard InChI is InChI=1S/C8H8O3/c1-2-7(9)11-8(10)6-4-3-5-6/h2,4H,1,3,5H2. The summed E-state index contributed by atoms with van der Waals surface area (Å²) in [6.45, 7) is 3.17. The van der Waals surface area contributed by atoms with Crippen molar-refractivity contribution in [2.24, 2.45) is 0 Å². The average molecular weight is 152 g/mol. The van der Waals surface area contributed by atoms with Crippen LogP contribution in [-0.2, 0) is 14.3 Å². The first-order valence-electron chi connectivity index (χ1n) is 3.31. The molecule has 1 rings (SSSR count). The maximum absolute atomic E-state index is 10.8. The first kappa shape index (κ1) is 7.72. The normalized spacial score (nSPS) is 14.4. The molecule has 0 atom stereocenters. The second-order valence-corrected chi connectivity index (χ2v) is 2.18. The molecule has 0 aliphatic heterocycles. The fraction of sp³-hybridized carbons (Fsp3) is 0.250. The summed E-state index contributed by atoms with van der Waals surface area (Å²) in [5.41, 5.74) is 0.584. The highest BCUT2D eigenvalue weighted by atomic mass is 16.6. The molecule has 1 aliphatic carbocycles. The summed E-state index contributed by atoms with van der Waals surface area (Å²) < 4.78 is 4.34. The minimum Gasteiger partial charge on any atom is -0.386 e. The summed E-state index contributed by atoms with van der Waals surface area (Å²) in [4.78, 5) is 21.3. The van der Waals surface area contributed by atoms with Crippen molar-refractivity contribution < 1.29 is 14.3 Å². The predicted octanol–water partition coefficient (Wildman–Crippen LogP) is 0.962. The SMILES string of the molecule is C=CC(=O)OC(=O)C1=CCC1. The Kier molecular flexibility index (Phi) is 2.21. The summed E-state index contributed by atoms with van der Waals surface area (Å²) in [6, 6.07) is 0. The van der Waals surface area contributed by atoms with Crippen LogP contribution in [0.15, 0.2) is 24.3 Å². The number of allylic oxidation sites excluding steroid dienone is 1. The van der Waals surface area contributed by atoms with Gasteiger partial charge in [-0.25, -0.2) is 9.59 Å². The topological polar surface area (TPSA) is 43.4 Å². The Morgan fingerprint density at radius 2 is 2.27 bits per heavy atom. The number of esters is 2. The number of rotatable bonds is 2. The van der Waals surface area contributed by atoms with Crippen molar-refractivity contribution in [2.45, 2.75) is 12.8 Å². The number of carbonyl (C=O) groups is 2. The number of carbonyl (C=O) groups excluding carboxylic acids is 2. The third-order valence-corrected chi connectivity index (χ3v) is 1.43. The van der Waals surface area contributed by atoms with Crippen LogP contribution in [0.5, 0.6) is 0 Å². The lowest BCUT2D eigenvalue weighted by Crippen LogP contribution is -2.15. The highest BCUT2D eigenvalue weighted by Gasteiger charge is 2.17. The largest absolute Gasteiger partial charge is 0.386 e. The summed E-state index contributed by atoms with van der Waals surface area (Å²) in [6.07, 6.45) is 4.33. The lowest BCUT2D eigenvalue weighted by atomic mass is 10.00. The van der Waals surface area contributed by atoms with Crippen molar-refractivity contribution in [2.75, 3.05) is 0 Å². The van der Waals surface area contributed by atoms with Gasteiger partial charge in [-0.3, -0.25) is 0 Å². The Balaban J connectivity index is 2.43. The van der Waals surface area contributed by atoms with E-state index in [1.807, 2.05) is 0 Å². The van der Waals surface area contributed by atoms with Crippen molar-refractivity contribution in [3.63, 3.8) is 0 Å². The molecule has 0 aromatic heterocycles. The molecule has 0 bridgehead atoms. The van der Waals surface area contributed by atoms with Crippen molar-refractivity contribution >= 4 is 11.9 Å². The maximum Gasteiger partial charge on any atom is 0.341 e. The lowest BCUT2D eigenvalue weighted by molar-refractivity contribution is -0.153. The van der Waals surface area contributed by atoms with Crippen LogP contribution in [0.1, 0.15) is 12.8 Å². The second-order valence-electron chi connectivity index (χ2n) is 2.18. The molecular formula is C8H8O3. The van der Waals surface area contributed by atoms with Crippen molar-refractivity contribution in [1.82, 2.24) is 0 Å². The molecule has 58 valence electrons. The predicted molar refractivity (Wildman–Crippen MR) is 38.6 cm³/mol. The Labute approximate surface area is 64.3 Å². The summed E-state index contributed by atoms with van der Waals surface area (Å²) in [5.74, 6) is -1.23. The molecule has 3 nitrogen and oxygen atoms in total. The van der Waals surface area contributed by atoms with Gasteiger partial charge in [0.1, 0.15) is 0 Å². The van der Waals surface area contributed by atoms with E-state index in [-0.39, 0.29) is 0 Å². The van der Waals surface area contributed by atoms with Gasteiger partial charge in [0, 0.05) is 11.6 Å². The third-order valence-electron chi connectivity index (χ3n) is 1.43. The fourth-order valence-electron chi connectivity index (χ4n) is 0.673. The van der Waals surface area contributed by atoms with E-state index in [0.29, 0.717) is 12.0 Å². The zero-order chi connectivity index (χ0) is 8.27. The van der Waals surface area contributed by atoms with Crippen LogP contribution in [0.2, 0.25) is 0 Å². The van der Waals surface area contributed by atoms with E-state index in [2.05, 4.69) is 11.3 Å². The Hall–Kier alpha value is -1.38. The van der Waals surface area contributed by atoms with Gasteiger partial charge in [0.25, 0.3) is 0 Å². The first-order chi connectivity index (χ1) is 5.24. The summed E-state index contributed by atoms with van der Waals surface area (Å²) in [7, 11) is 0. The third kappa shape index (κ3) is 1.77. The highest BCUT2D eigenvalue weighted by molar-refractivity contribution is 5.99. The van der Waals surface area contributed by atoms with Crippen LogP contribution < -0.4 is 0 Å². The smallest absolute Gasteiger partial charge is 0.341 e. The van der Waals surface area contributed by atoms with Crippen LogP contribution in [0, 0.1) is 0 Å². The monoisotopic (exact) mass is 152 g/mol. The molecule has 0 unspecified atom stereocenters. The van der Waals surface area contributed by atoms with Gasteiger partial charge >= 0.3 is 11.9 Å². The number of ether oxygens (including phenoxy) is 1. The zero-order valence-electron chi connectivity index (χ0n) is 6.00. The molecule has 3 heteroatoms. The van der Waals surface area contributed by atoms with Crippen LogP contribution in [-0.4, -0.2) is 11.9 Å². The Morgan fingerprint density at radius 3 is 2.64 bits per heavy atom. The Bertz CT molecular complexity index is 238. The van der Waals surface area contributed by atoms with E-state index >= 15 is 0 Å². The maximum atomic E-state index is 10.8. The van der Waals surface area contributed by atoms with E-state index in [0.717, 1.165) is 12.5 Å². The highest BCUT2D eigenvalue weighted by Crippen LogP contribution is 2.18. The van der Waals surface area contributed by atoms with E-state index in [1.54, 1.807) is 6.08 Å². The fourth-order valence-corrected chi connectivity index (χ4v) is 0.673. The van der Waals surface area contributed by atoms with Gasteiger partial charge in [0.05, 0.1) is 0 Å². The molecule has 0 aromatic carbocycles. The van der Waals surface area contributed by atoms with Gasteiger partial charge in [-0.15, -0.1) is 0 Å². The summed E-state index contributed by atoms with van der Waals surface area (Å²) in [5, 5.41) is 0. The minimum absolute atomic E-state index is 0.541. The van der Waals surface area contributed by atoms with E-state index in [1.165, 1.54) is 0 Å². The molecule has 0 heterocycles. The summed E-state index contributed by atoms with van der Waals surface area (Å²) >= 11 is 0. The molecule has 0 amide bonds. The van der Waals surface area contributed by atoms with E-state index in [9.17, 15) is 9.59 Å². The molecule has 0 aromatic rings. The first-order valence-corrected chi connectivity index (χ1v) is 3.31. The van der Waals surface area contributed by atoms with Gasteiger partial charge < -0.3 is 4.74 Å². The van der Waals surface area contributed by atoms with Crippen molar-refractivity contribution in [3.8, 4) is 0 Å². The molecule has 0 saturated heterocycles.